The van der Waals surface area contributed by atoms with E-state index in [-0.39, 0.29) is 0 Å². The van der Waals surface area contributed by atoms with E-state index in [1.807, 2.05) is 22.6 Å². The number of carboxylic acids is 1. The van der Waals surface area contributed by atoms with Gasteiger partial charge in [-0.15, -0.1) is 0 Å². The molecule has 0 rings (SSSR count). The number of carboxylic acid groups (broad SMARTS) is 1. The Morgan fingerprint density at radius 1 is 1.88 bits per heavy atom. The highest BCUT2D eigenvalue weighted by molar-refractivity contribution is 14.1. The molecule has 0 saturated carbocycles. The van der Waals surface area contributed by atoms with Gasteiger partial charge in [-0.1, -0.05) is 28.7 Å². The minimum atomic E-state index is -0.818. The number of rotatable bonds is 2. The second kappa shape index (κ2) is 3.88. The van der Waals surface area contributed by atoms with Crippen LogP contribution in [-0.2, 0) is 4.79 Å². The third-order valence-electron chi connectivity index (χ3n) is 0.767. The van der Waals surface area contributed by atoms with Crippen LogP contribution in [0.1, 0.15) is 6.92 Å². The highest BCUT2D eigenvalue weighted by atomic mass is 127. The number of hydrogen-bond acceptors (Lipinski definition) is 1. The predicted octanol–water partition coefficient (Wildman–Crippen LogP) is 1.45. The first-order valence-electron chi connectivity index (χ1n) is 2.16. The molecule has 0 bridgehead atoms. The summed E-state index contributed by atoms with van der Waals surface area (Å²) in [7, 11) is 0. The predicted molar refractivity (Wildman–Crippen MR) is 40.3 cm³/mol. The minimum Gasteiger partial charge on any atom is -0.478 e. The molecule has 0 aliphatic carbocycles. The second-order valence-corrected chi connectivity index (χ2v) is 2.02. The molecule has 0 amide bonds. The van der Waals surface area contributed by atoms with Crippen LogP contribution in [-0.4, -0.2) is 15.5 Å². The summed E-state index contributed by atoms with van der Waals surface area (Å²) >= 11 is 2.02. The van der Waals surface area contributed by atoms with Gasteiger partial charge in [-0.25, -0.2) is 4.79 Å². The lowest BCUT2D eigenvalue weighted by atomic mass is 10.3. The van der Waals surface area contributed by atoms with E-state index < -0.39 is 5.97 Å². The summed E-state index contributed by atoms with van der Waals surface area (Å²) in [6.07, 6.45) is 1.61. The summed E-state index contributed by atoms with van der Waals surface area (Å²) in [4.78, 5) is 10.1. The minimum absolute atomic E-state index is 0.464. The fourth-order valence-corrected chi connectivity index (χ4v) is 1.02. The van der Waals surface area contributed by atoms with E-state index in [0.717, 1.165) is 0 Å². The molecular formula is C5H7IO2. The Morgan fingerprint density at radius 2 is 2.38 bits per heavy atom. The molecule has 0 aliphatic heterocycles. The summed E-state index contributed by atoms with van der Waals surface area (Å²) in [5.74, 6) is -0.818. The van der Waals surface area contributed by atoms with Gasteiger partial charge in [0.05, 0.1) is 0 Å². The van der Waals surface area contributed by atoms with E-state index in [4.69, 9.17) is 5.11 Å². The fraction of sp³-hybridized carbons (Fsp3) is 0.400. The first-order valence-corrected chi connectivity index (χ1v) is 3.69. The van der Waals surface area contributed by atoms with Crippen molar-refractivity contribution < 1.29 is 9.90 Å². The average molecular weight is 226 g/mol. The van der Waals surface area contributed by atoms with E-state index in [0.29, 0.717) is 10.0 Å². The lowest BCUT2D eigenvalue weighted by Crippen LogP contribution is -1.99. The first kappa shape index (κ1) is 7.94. The molecular weight excluding hydrogens is 219 g/mol. The zero-order chi connectivity index (χ0) is 6.57. The average Bonchev–Trinajstić information content (AvgIpc) is 1.69. The van der Waals surface area contributed by atoms with Gasteiger partial charge in [-0.2, -0.15) is 0 Å². The Balaban J connectivity index is 3.92. The molecule has 2 nitrogen and oxygen atoms in total. The van der Waals surface area contributed by atoms with Crippen molar-refractivity contribution in [2.24, 2.45) is 0 Å². The van der Waals surface area contributed by atoms with Crippen molar-refractivity contribution >= 4 is 28.6 Å². The molecule has 0 spiro atoms. The summed E-state index contributed by atoms with van der Waals surface area (Å²) in [6.45, 7) is 1.72. The van der Waals surface area contributed by atoms with E-state index >= 15 is 0 Å². The maximum absolute atomic E-state index is 10.1. The molecule has 46 valence electrons. The fourth-order valence-electron chi connectivity index (χ4n) is 0.258. The molecule has 0 heterocycles. The van der Waals surface area contributed by atoms with Crippen LogP contribution in [0.4, 0.5) is 0 Å². The molecule has 1 N–H and O–H groups in total. The van der Waals surface area contributed by atoms with Crippen LogP contribution in [0.15, 0.2) is 11.6 Å². The topological polar surface area (TPSA) is 37.3 Å². The van der Waals surface area contributed by atoms with Crippen LogP contribution >= 0.6 is 22.6 Å². The Labute approximate surface area is 61.7 Å². The standard InChI is InChI=1S/C5H7IO2/c1-2-4(3-6)5(7)8/h2H,3H2,1H3,(H,7,8). The molecule has 0 fully saturated rings. The Morgan fingerprint density at radius 3 is 2.38 bits per heavy atom. The van der Waals surface area contributed by atoms with Crippen LogP contribution in [0.2, 0.25) is 0 Å². The van der Waals surface area contributed by atoms with E-state index in [1.54, 1.807) is 13.0 Å². The molecule has 0 aromatic heterocycles. The van der Waals surface area contributed by atoms with Crippen molar-refractivity contribution in [3.8, 4) is 0 Å². The zero-order valence-corrected chi connectivity index (χ0v) is 6.68. The Hall–Kier alpha value is -0.0600. The van der Waals surface area contributed by atoms with Gasteiger partial charge in [0.15, 0.2) is 0 Å². The zero-order valence-electron chi connectivity index (χ0n) is 4.52. The van der Waals surface area contributed by atoms with E-state index in [2.05, 4.69) is 0 Å². The molecule has 0 atom stereocenters. The summed E-state index contributed by atoms with van der Waals surface area (Å²) in [6, 6.07) is 0. The summed E-state index contributed by atoms with van der Waals surface area (Å²) < 4.78 is 0.573. The summed E-state index contributed by atoms with van der Waals surface area (Å²) in [5, 5.41) is 8.30. The lowest BCUT2D eigenvalue weighted by molar-refractivity contribution is -0.132. The van der Waals surface area contributed by atoms with Crippen molar-refractivity contribution in [2.45, 2.75) is 6.92 Å². The molecule has 3 heteroatoms. The van der Waals surface area contributed by atoms with Gasteiger partial charge in [-0.05, 0) is 6.92 Å². The molecule has 0 radical (unpaired) electrons. The molecule has 0 aromatic carbocycles. The summed E-state index contributed by atoms with van der Waals surface area (Å²) in [5.41, 5.74) is 0.464. The highest BCUT2D eigenvalue weighted by Gasteiger charge is 2.00. The molecule has 0 aromatic rings. The largest absolute Gasteiger partial charge is 0.478 e. The van der Waals surface area contributed by atoms with Crippen molar-refractivity contribution in [2.75, 3.05) is 4.43 Å². The monoisotopic (exact) mass is 226 g/mol. The van der Waals surface area contributed by atoms with Gasteiger partial charge in [-0.3, -0.25) is 0 Å². The van der Waals surface area contributed by atoms with Gasteiger partial charge in [0.25, 0.3) is 0 Å². The van der Waals surface area contributed by atoms with E-state index in [9.17, 15) is 4.79 Å². The maximum atomic E-state index is 10.1. The number of allylic oxidation sites excluding steroid dienone is 1. The normalized spacial score (nSPS) is 11.5. The van der Waals surface area contributed by atoms with Crippen molar-refractivity contribution in [3.63, 3.8) is 0 Å². The molecule has 0 saturated heterocycles. The quantitative estimate of drug-likeness (QED) is 0.439. The van der Waals surface area contributed by atoms with Crippen LogP contribution in [0.5, 0.6) is 0 Å². The third kappa shape index (κ3) is 2.30. The van der Waals surface area contributed by atoms with Gasteiger partial charge >= 0.3 is 5.97 Å². The SMILES string of the molecule is CC=C(CI)C(=O)O. The Bertz CT molecular complexity index is 118. The second-order valence-electron chi connectivity index (χ2n) is 1.25. The number of halogens is 1. The number of carbonyl (C=O) groups is 1. The lowest BCUT2D eigenvalue weighted by Gasteiger charge is -1.89. The van der Waals surface area contributed by atoms with Crippen LogP contribution in [0.25, 0.3) is 0 Å². The highest BCUT2D eigenvalue weighted by Crippen LogP contribution is 1.98. The Kier molecular flexibility index (Phi) is 3.85. The van der Waals surface area contributed by atoms with Crippen molar-refractivity contribution in [1.82, 2.24) is 0 Å². The third-order valence-corrected chi connectivity index (χ3v) is 1.59. The number of hydrogen-bond donors (Lipinski definition) is 1. The van der Waals surface area contributed by atoms with Crippen LogP contribution < -0.4 is 0 Å². The smallest absolute Gasteiger partial charge is 0.332 e. The molecule has 0 aliphatic rings. The van der Waals surface area contributed by atoms with Gasteiger partial charge < -0.3 is 5.11 Å². The van der Waals surface area contributed by atoms with E-state index in [1.165, 1.54) is 0 Å². The first-order chi connectivity index (χ1) is 3.72. The molecule has 8 heavy (non-hydrogen) atoms. The van der Waals surface area contributed by atoms with Crippen molar-refractivity contribution in [1.29, 1.82) is 0 Å². The van der Waals surface area contributed by atoms with Crippen LogP contribution in [0, 0.1) is 0 Å². The maximum Gasteiger partial charge on any atom is 0.332 e. The van der Waals surface area contributed by atoms with Gasteiger partial charge in [0, 0.05) is 10.0 Å². The molecule has 0 unspecified atom stereocenters. The van der Waals surface area contributed by atoms with Gasteiger partial charge in [0.1, 0.15) is 0 Å². The van der Waals surface area contributed by atoms with Gasteiger partial charge in [0.2, 0.25) is 0 Å². The van der Waals surface area contributed by atoms with Crippen LogP contribution in [0.3, 0.4) is 0 Å². The number of aliphatic carboxylic acids is 1. The van der Waals surface area contributed by atoms with Crippen molar-refractivity contribution in [3.05, 3.63) is 11.6 Å². The number of alkyl halides is 1.